The standard InChI is InChI=1S/C29H28F3N5O5/c1-39-25-16-21-22(17-26(25)41-12-2-9-37-10-13-40-14-11-37)33-8-6-24(21)42-20-3-4-27(35-18-20)36-28(38)23-15-19(5-7-34-23)29(30,31)32/h3-8,15-18H,2,9-14H2,1H3,(H,35,36,38). The number of carbonyl (C=O) groups excluding carboxylic acids is 1. The van der Waals surface area contributed by atoms with Gasteiger partial charge in [0.05, 0.1) is 44.2 Å². The molecule has 220 valence electrons. The molecule has 3 aromatic heterocycles. The zero-order chi connectivity index (χ0) is 29.5. The number of amides is 1. The van der Waals surface area contributed by atoms with Gasteiger partial charge in [-0.3, -0.25) is 19.7 Å². The molecule has 1 aliphatic heterocycles. The Morgan fingerprint density at radius 1 is 1.00 bits per heavy atom. The maximum Gasteiger partial charge on any atom is 0.416 e. The van der Waals surface area contributed by atoms with Crippen molar-refractivity contribution in [2.45, 2.75) is 12.6 Å². The molecule has 1 amide bonds. The Bertz CT molecular complexity index is 1530. The van der Waals surface area contributed by atoms with Gasteiger partial charge in [0.25, 0.3) is 5.91 Å². The van der Waals surface area contributed by atoms with Gasteiger partial charge in [-0.15, -0.1) is 0 Å². The van der Waals surface area contributed by atoms with Gasteiger partial charge in [0, 0.05) is 43.5 Å². The molecule has 1 aromatic carbocycles. The number of nitrogens with zero attached hydrogens (tertiary/aromatic N) is 4. The lowest BCUT2D eigenvalue weighted by molar-refractivity contribution is -0.137. The third-order valence-electron chi connectivity index (χ3n) is 6.49. The summed E-state index contributed by atoms with van der Waals surface area (Å²) in [5, 5.41) is 3.12. The summed E-state index contributed by atoms with van der Waals surface area (Å²) in [6, 6.07) is 9.79. The molecule has 1 N–H and O–H groups in total. The monoisotopic (exact) mass is 583 g/mol. The number of rotatable bonds is 10. The Balaban J connectivity index is 1.23. The minimum Gasteiger partial charge on any atom is -0.493 e. The number of benzene rings is 1. The van der Waals surface area contributed by atoms with Crippen molar-refractivity contribution in [2.24, 2.45) is 0 Å². The van der Waals surface area contributed by atoms with Crippen LogP contribution in [0.15, 0.2) is 61.1 Å². The number of anilines is 1. The molecule has 1 aliphatic rings. The Hall–Kier alpha value is -4.49. The highest BCUT2D eigenvalue weighted by Crippen LogP contribution is 2.37. The summed E-state index contributed by atoms with van der Waals surface area (Å²) in [5.74, 6) is 1.25. The summed E-state index contributed by atoms with van der Waals surface area (Å²) in [7, 11) is 1.56. The third kappa shape index (κ3) is 7.22. The van der Waals surface area contributed by atoms with Crippen LogP contribution in [-0.4, -0.2) is 72.3 Å². The summed E-state index contributed by atoms with van der Waals surface area (Å²) in [6.45, 7) is 4.81. The van der Waals surface area contributed by atoms with Crippen LogP contribution in [0, 0.1) is 0 Å². The van der Waals surface area contributed by atoms with Crippen LogP contribution in [-0.2, 0) is 10.9 Å². The molecule has 1 saturated heterocycles. The number of morpholine rings is 1. The first-order chi connectivity index (χ1) is 20.3. The number of carbonyl (C=O) groups is 1. The summed E-state index contributed by atoms with van der Waals surface area (Å²) >= 11 is 0. The number of nitrogens with one attached hydrogen (secondary N) is 1. The van der Waals surface area contributed by atoms with Crippen LogP contribution in [0.2, 0.25) is 0 Å². The van der Waals surface area contributed by atoms with Gasteiger partial charge in [-0.1, -0.05) is 0 Å². The molecule has 5 rings (SSSR count). The van der Waals surface area contributed by atoms with Crippen LogP contribution in [0.5, 0.6) is 23.0 Å². The van der Waals surface area contributed by atoms with Crippen molar-refractivity contribution in [3.8, 4) is 23.0 Å². The Kier molecular flexibility index (Phi) is 8.98. The fourth-order valence-electron chi connectivity index (χ4n) is 4.34. The molecule has 0 spiro atoms. The molecule has 0 saturated carbocycles. The van der Waals surface area contributed by atoms with Crippen LogP contribution in [0.4, 0.5) is 19.0 Å². The van der Waals surface area contributed by atoms with Crippen molar-refractivity contribution in [3.63, 3.8) is 0 Å². The summed E-state index contributed by atoms with van der Waals surface area (Å²) in [5.41, 5.74) is -0.713. The van der Waals surface area contributed by atoms with Gasteiger partial charge < -0.3 is 24.3 Å². The average molecular weight is 584 g/mol. The summed E-state index contributed by atoms with van der Waals surface area (Å²) in [6.07, 6.45) is 0.185. The lowest BCUT2D eigenvalue weighted by Gasteiger charge is -2.26. The smallest absolute Gasteiger partial charge is 0.416 e. The van der Waals surface area contributed by atoms with E-state index in [0.29, 0.717) is 46.6 Å². The fourth-order valence-corrected chi connectivity index (χ4v) is 4.34. The van der Waals surface area contributed by atoms with Gasteiger partial charge in [-0.05, 0) is 42.8 Å². The quantitative estimate of drug-likeness (QED) is 0.252. The minimum absolute atomic E-state index is 0.114. The van der Waals surface area contributed by atoms with Crippen molar-refractivity contribution >= 4 is 22.6 Å². The van der Waals surface area contributed by atoms with Crippen molar-refractivity contribution in [1.29, 1.82) is 0 Å². The molecular weight excluding hydrogens is 555 g/mol. The molecule has 13 heteroatoms. The molecule has 0 unspecified atom stereocenters. The molecule has 1 fully saturated rings. The molecule has 0 aliphatic carbocycles. The largest absolute Gasteiger partial charge is 0.493 e. The highest BCUT2D eigenvalue weighted by Gasteiger charge is 2.31. The van der Waals surface area contributed by atoms with E-state index in [4.69, 9.17) is 18.9 Å². The second-order valence-electron chi connectivity index (χ2n) is 9.35. The van der Waals surface area contributed by atoms with E-state index in [9.17, 15) is 18.0 Å². The van der Waals surface area contributed by atoms with Crippen LogP contribution in [0.1, 0.15) is 22.5 Å². The molecule has 10 nitrogen and oxygen atoms in total. The predicted molar refractivity (Wildman–Crippen MR) is 147 cm³/mol. The van der Waals surface area contributed by atoms with E-state index >= 15 is 0 Å². The Labute approximate surface area is 239 Å². The highest BCUT2D eigenvalue weighted by atomic mass is 19.4. The maximum atomic E-state index is 13.0. The van der Waals surface area contributed by atoms with Crippen molar-refractivity contribution in [3.05, 3.63) is 72.3 Å². The number of ether oxygens (including phenoxy) is 4. The van der Waals surface area contributed by atoms with Crippen LogP contribution < -0.4 is 19.5 Å². The van der Waals surface area contributed by atoms with E-state index in [-0.39, 0.29) is 11.5 Å². The van der Waals surface area contributed by atoms with Gasteiger partial charge in [-0.2, -0.15) is 13.2 Å². The van der Waals surface area contributed by atoms with E-state index in [2.05, 4.69) is 25.2 Å². The number of aromatic nitrogens is 3. The van der Waals surface area contributed by atoms with Crippen molar-refractivity contribution < 1.29 is 36.9 Å². The van der Waals surface area contributed by atoms with Crippen LogP contribution in [0.3, 0.4) is 0 Å². The Morgan fingerprint density at radius 2 is 1.81 bits per heavy atom. The molecule has 0 bridgehead atoms. The molecular formula is C29H28F3N5O5. The highest BCUT2D eigenvalue weighted by molar-refractivity contribution is 6.02. The second kappa shape index (κ2) is 13.0. The number of methoxy groups -OCH3 is 1. The fraction of sp³-hybridized carbons (Fsp3) is 0.310. The third-order valence-corrected chi connectivity index (χ3v) is 6.49. The number of hydrogen-bond acceptors (Lipinski definition) is 9. The minimum atomic E-state index is -4.59. The number of alkyl halides is 3. The maximum absolute atomic E-state index is 13.0. The lowest BCUT2D eigenvalue weighted by atomic mass is 10.2. The molecule has 4 heterocycles. The average Bonchev–Trinajstić information content (AvgIpc) is 3.00. The predicted octanol–water partition coefficient (Wildman–Crippen LogP) is 5.20. The van der Waals surface area contributed by atoms with Crippen LogP contribution in [0.25, 0.3) is 10.9 Å². The van der Waals surface area contributed by atoms with Crippen molar-refractivity contribution in [2.75, 3.05) is 51.9 Å². The number of fused-ring (bicyclic) bond motifs is 1. The second-order valence-corrected chi connectivity index (χ2v) is 9.35. The summed E-state index contributed by atoms with van der Waals surface area (Å²) < 4.78 is 61.9. The first kappa shape index (κ1) is 29.0. The molecule has 4 aromatic rings. The first-order valence-corrected chi connectivity index (χ1v) is 13.2. The molecule has 0 atom stereocenters. The van der Waals surface area contributed by atoms with Gasteiger partial charge >= 0.3 is 6.18 Å². The van der Waals surface area contributed by atoms with Gasteiger partial charge in [0.15, 0.2) is 11.5 Å². The van der Waals surface area contributed by atoms with Gasteiger partial charge in [0.2, 0.25) is 0 Å². The molecule has 42 heavy (non-hydrogen) atoms. The first-order valence-electron chi connectivity index (χ1n) is 13.2. The number of pyridine rings is 3. The van der Waals surface area contributed by atoms with E-state index in [1.165, 1.54) is 12.3 Å². The van der Waals surface area contributed by atoms with Gasteiger partial charge in [-0.25, -0.2) is 4.98 Å². The van der Waals surface area contributed by atoms with Crippen molar-refractivity contribution in [1.82, 2.24) is 19.9 Å². The summed E-state index contributed by atoms with van der Waals surface area (Å²) in [4.78, 5) is 27.1. The Morgan fingerprint density at radius 3 is 2.55 bits per heavy atom. The zero-order valence-electron chi connectivity index (χ0n) is 22.7. The van der Waals surface area contributed by atoms with E-state index < -0.39 is 17.6 Å². The SMILES string of the molecule is COc1cc2c(Oc3ccc(NC(=O)c4cc(C(F)(F)F)ccn4)nc3)ccnc2cc1OCCCN1CCOCC1. The van der Waals surface area contributed by atoms with Gasteiger partial charge in [0.1, 0.15) is 23.0 Å². The normalized spacial score (nSPS) is 14.0. The lowest BCUT2D eigenvalue weighted by Crippen LogP contribution is -2.37. The number of hydrogen-bond donors (Lipinski definition) is 1. The van der Waals surface area contributed by atoms with E-state index in [1.807, 2.05) is 0 Å². The van der Waals surface area contributed by atoms with E-state index in [1.54, 1.807) is 37.6 Å². The topological polar surface area (TPSA) is 108 Å². The number of halogens is 3. The van der Waals surface area contributed by atoms with E-state index in [0.717, 1.165) is 51.5 Å². The van der Waals surface area contributed by atoms with Crippen LogP contribution >= 0.6 is 0 Å². The zero-order valence-corrected chi connectivity index (χ0v) is 22.7. The molecule has 0 radical (unpaired) electrons.